The molecule has 0 spiro atoms. The summed E-state index contributed by atoms with van der Waals surface area (Å²) < 4.78 is 0. The molecule has 1 rings (SSSR count). The van der Waals surface area contributed by atoms with Gasteiger partial charge in [-0.2, -0.15) is 0 Å². The molecule has 0 atom stereocenters. The van der Waals surface area contributed by atoms with Gasteiger partial charge in [-0.1, -0.05) is 57.5 Å². The van der Waals surface area contributed by atoms with Gasteiger partial charge in [0.25, 0.3) is 0 Å². The molecule has 0 amide bonds. The molecule has 0 aliphatic heterocycles. The van der Waals surface area contributed by atoms with E-state index in [2.05, 4.69) is 45.9 Å². The second kappa shape index (κ2) is 5.55. The van der Waals surface area contributed by atoms with E-state index in [0.717, 1.165) is 17.9 Å². The summed E-state index contributed by atoms with van der Waals surface area (Å²) in [5.74, 6) is 1.33. The molecule has 1 heteroatoms. The summed E-state index contributed by atoms with van der Waals surface area (Å²) in [5.41, 5.74) is 2.59. The molecule has 0 bridgehead atoms. The fraction of sp³-hybridized carbons (Fsp3) is 0.571. The summed E-state index contributed by atoms with van der Waals surface area (Å²) in [6.07, 6.45) is 2.15. The van der Waals surface area contributed by atoms with Crippen LogP contribution in [0.4, 0.5) is 0 Å². The van der Waals surface area contributed by atoms with Gasteiger partial charge in [-0.05, 0) is 35.8 Å². The minimum atomic E-state index is 0.664. The van der Waals surface area contributed by atoms with Gasteiger partial charge < -0.3 is 0 Å². The minimum absolute atomic E-state index is 0.664. The van der Waals surface area contributed by atoms with Gasteiger partial charge in [0, 0.05) is 5.02 Å². The Kier molecular flexibility index (Phi) is 4.66. The lowest BCUT2D eigenvalue weighted by Gasteiger charge is -2.12. The van der Waals surface area contributed by atoms with Crippen LogP contribution in [0.1, 0.15) is 38.8 Å². The molecule has 0 unspecified atom stereocenters. The second-order valence-electron chi connectivity index (χ2n) is 5.09. The van der Waals surface area contributed by atoms with E-state index < -0.39 is 0 Å². The van der Waals surface area contributed by atoms with Gasteiger partial charge in [0.1, 0.15) is 0 Å². The van der Waals surface area contributed by atoms with Gasteiger partial charge in [0.15, 0.2) is 0 Å². The highest BCUT2D eigenvalue weighted by Crippen LogP contribution is 2.25. The Labute approximate surface area is 98.7 Å². The van der Waals surface area contributed by atoms with Crippen molar-refractivity contribution in [2.45, 2.75) is 40.5 Å². The van der Waals surface area contributed by atoms with E-state index in [1.807, 2.05) is 0 Å². The maximum Gasteiger partial charge on any atom is 0.0470 e. The molecule has 1 aromatic carbocycles. The van der Waals surface area contributed by atoms with E-state index in [-0.39, 0.29) is 0 Å². The van der Waals surface area contributed by atoms with Crippen molar-refractivity contribution >= 4 is 11.6 Å². The molecule has 0 saturated heterocycles. The van der Waals surface area contributed by atoms with Crippen LogP contribution in [0.2, 0.25) is 5.02 Å². The van der Waals surface area contributed by atoms with Crippen LogP contribution in [0.25, 0.3) is 0 Å². The average Bonchev–Trinajstić information content (AvgIpc) is 2.10. The molecule has 0 heterocycles. The Hall–Kier alpha value is -0.490. The van der Waals surface area contributed by atoms with Gasteiger partial charge in [-0.25, -0.2) is 0 Å². The second-order valence-corrected chi connectivity index (χ2v) is 5.46. The number of hydrogen-bond donors (Lipinski definition) is 0. The number of benzene rings is 1. The van der Waals surface area contributed by atoms with Crippen molar-refractivity contribution in [1.82, 2.24) is 0 Å². The van der Waals surface area contributed by atoms with Crippen molar-refractivity contribution in [2.24, 2.45) is 11.8 Å². The first-order chi connectivity index (χ1) is 7.00. The van der Waals surface area contributed by atoms with Crippen LogP contribution in [0, 0.1) is 11.8 Å². The van der Waals surface area contributed by atoms with E-state index in [0.29, 0.717) is 11.8 Å². The maximum atomic E-state index is 6.40. The van der Waals surface area contributed by atoms with Gasteiger partial charge in [-0.15, -0.1) is 0 Å². The molecule has 1 aromatic rings. The lowest BCUT2D eigenvalue weighted by molar-refractivity contribution is 0.636. The monoisotopic (exact) mass is 224 g/mol. The molecule has 0 radical (unpaired) electrons. The fourth-order valence-electron chi connectivity index (χ4n) is 1.83. The van der Waals surface area contributed by atoms with E-state index in [1.54, 1.807) is 0 Å². The minimum Gasteiger partial charge on any atom is -0.0837 e. The van der Waals surface area contributed by atoms with Crippen LogP contribution in [0.5, 0.6) is 0 Å². The normalized spacial score (nSPS) is 11.4. The molecular weight excluding hydrogens is 204 g/mol. The van der Waals surface area contributed by atoms with Crippen molar-refractivity contribution in [3.8, 4) is 0 Å². The first-order valence-electron chi connectivity index (χ1n) is 5.77. The highest BCUT2D eigenvalue weighted by Gasteiger charge is 2.08. The maximum absolute atomic E-state index is 6.40. The topological polar surface area (TPSA) is 0 Å². The molecule has 0 aliphatic carbocycles. The van der Waals surface area contributed by atoms with Gasteiger partial charge in [-0.3, -0.25) is 0 Å². The number of rotatable bonds is 4. The predicted molar refractivity (Wildman–Crippen MR) is 68.5 cm³/mol. The molecule has 15 heavy (non-hydrogen) atoms. The van der Waals surface area contributed by atoms with Crippen LogP contribution >= 0.6 is 11.6 Å². The average molecular weight is 225 g/mol. The van der Waals surface area contributed by atoms with Gasteiger partial charge in [0.05, 0.1) is 0 Å². The van der Waals surface area contributed by atoms with Crippen LogP contribution in [0.15, 0.2) is 18.2 Å². The van der Waals surface area contributed by atoms with Crippen molar-refractivity contribution in [1.29, 1.82) is 0 Å². The van der Waals surface area contributed by atoms with E-state index in [4.69, 9.17) is 11.6 Å². The Morgan fingerprint density at radius 1 is 0.933 bits per heavy atom. The molecule has 0 N–H and O–H groups in total. The fourth-order valence-corrected chi connectivity index (χ4v) is 2.11. The highest BCUT2D eigenvalue weighted by atomic mass is 35.5. The molecule has 0 fully saturated rings. The van der Waals surface area contributed by atoms with Crippen LogP contribution < -0.4 is 0 Å². The van der Waals surface area contributed by atoms with E-state index in [9.17, 15) is 0 Å². The number of hydrogen-bond acceptors (Lipinski definition) is 0. The van der Waals surface area contributed by atoms with Crippen molar-refractivity contribution in [2.75, 3.05) is 0 Å². The predicted octanol–water partition coefficient (Wildman–Crippen LogP) is 4.74. The number of halogens is 1. The van der Waals surface area contributed by atoms with Crippen LogP contribution in [0.3, 0.4) is 0 Å². The molecule has 0 saturated carbocycles. The Morgan fingerprint density at radius 3 is 1.67 bits per heavy atom. The SMILES string of the molecule is CC(C)Cc1cccc(CC(C)C)c1Cl. The lowest BCUT2D eigenvalue weighted by atomic mass is 9.97. The Morgan fingerprint density at radius 2 is 1.33 bits per heavy atom. The third-order valence-electron chi connectivity index (χ3n) is 2.41. The third kappa shape index (κ3) is 3.87. The van der Waals surface area contributed by atoms with Crippen LogP contribution in [-0.2, 0) is 12.8 Å². The Bertz CT molecular complexity index is 285. The lowest BCUT2D eigenvalue weighted by Crippen LogP contribution is -2.00. The smallest absolute Gasteiger partial charge is 0.0470 e. The van der Waals surface area contributed by atoms with Gasteiger partial charge >= 0.3 is 0 Å². The summed E-state index contributed by atoms with van der Waals surface area (Å²) in [6.45, 7) is 8.91. The largest absolute Gasteiger partial charge is 0.0837 e. The van der Waals surface area contributed by atoms with Crippen LogP contribution in [-0.4, -0.2) is 0 Å². The van der Waals surface area contributed by atoms with E-state index in [1.165, 1.54) is 11.1 Å². The quantitative estimate of drug-likeness (QED) is 0.693. The zero-order valence-corrected chi connectivity index (χ0v) is 10.9. The summed E-state index contributed by atoms with van der Waals surface area (Å²) >= 11 is 6.40. The first kappa shape index (κ1) is 12.6. The summed E-state index contributed by atoms with van der Waals surface area (Å²) in [5, 5.41) is 0.986. The van der Waals surface area contributed by atoms with Crippen molar-refractivity contribution < 1.29 is 0 Å². The van der Waals surface area contributed by atoms with Gasteiger partial charge in [0.2, 0.25) is 0 Å². The highest BCUT2D eigenvalue weighted by molar-refractivity contribution is 6.32. The molecular formula is C14H21Cl. The Balaban J connectivity index is 2.90. The summed E-state index contributed by atoms with van der Waals surface area (Å²) in [4.78, 5) is 0. The third-order valence-corrected chi connectivity index (χ3v) is 2.90. The standard InChI is InChI=1S/C14H21Cl/c1-10(2)8-12-6-5-7-13(14(12)15)9-11(3)4/h5-7,10-11H,8-9H2,1-4H3. The first-order valence-corrected chi connectivity index (χ1v) is 6.14. The molecule has 84 valence electrons. The molecule has 0 aliphatic rings. The summed E-state index contributed by atoms with van der Waals surface area (Å²) in [6, 6.07) is 6.42. The van der Waals surface area contributed by atoms with Crippen molar-refractivity contribution in [3.05, 3.63) is 34.3 Å². The molecule has 0 nitrogen and oxygen atoms in total. The van der Waals surface area contributed by atoms with Crippen molar-refractivity contribution in [3.63, 3.8) is 0 Å². The zero-order valence-electron chi connectivity index (χ0n) is 10.2. The molecule has 0 aromatic heterocycles. The van der Waals surface area contributed by atoms with E-state index >= 15 is 0 Å². The summed E-state index contributed by atoms with van der Waals surface area (Å²) in [7, 11) is 0. The zero-order chi connectivity index (χ0) is 11.4.